The molecule has 6 nitrogen and oxygen atoms in total. The van der Waals surface area contributed by atoms with Gasteiger partial charge in [0.25, 0.3) is 0 Å². The molecule has 132 valence electrons. The van der Waals surface area contributed by atoms with Gasteiger partial charge in [-0.25, -0.2) is 0 Å². The number of piperazine rings is 1. The van der Waals surface area contributed by atoms with Crippen LogP contribution in [0.1, 0.15) is 13.8 Å². The smallest absolute Gasteiger partial charge is 0.236 e. The number of aromatic hydroxyl groups is 1. The lowest BCUT2D eigenvalue weighted by Crippen LogP contribution is -2.53. The zero-order valence-corrected chi connectivity index (χ0v) is 14.5. The summed E-state index contributed by atoms with van der Waals surface area (Å²) in [6.45, 7) is 9.16. The van der Waals surface area contributed by atoms with E-state index in [0.29, 0.717) is 25.4 Å². The predicted octanol–water partition coefficient (Wildman–Crippen LogP) is 1.15. The molecule has 2 fully saturated rings. The molecule has 2 heterocycles. The van der Waals surface area contributed by atoms with Crippen LogP contribution in [0.5, 0.6) is 5.75 Å². The fraction of sp³-hybridized carbons (Fsp3) is 0.611. The Balaban J connectivity index is 1.50. The summed E-state index contributed by atoms with van der Waals surface area (Å²) in [5, 5.41) is 9.97. The van der Waals surface area contributed by atoms with Gasteiger partial charge in [-0.1, -0.05) is 12.1 Å². The summed E-state index contributed by atoms with van der Waals surface area (Å²) in [4.78, 5) is 18.8. The number of nitrogens with zero attached hydrogens (tertiary/aromatic N) is 3. The predicted molar refractivity (Wildman–Crippen MR) is 93.3 cm³/mol. The van der Waals surface area contributed by atoms with Gasteiger partial charge in [0.1, 0.15) is 5.75 Å². The number of anilines is 1. The third kappa shape index (κ3) is 3.99. The van der Waals surface area contributed by atoms with Crippen molar-refractivity contribution >= 4 is 11.6 Å². The first-order chi connectivity index (χ1) is 11.5. The molecule has 1 amide bonds. The molecule has 0 unspecified atom stereocenters. The molecule has 2 aliphatic heterocycles. The first-order valence-electron chi connectivity index (χ1n) is 8.71. The summed E-state index contributed by atoms with van der Waals surface area (Å²) in [7, 11) is 0. The molecule has 1 aromatic rings. The summed E-state index contributed by atoms with van der Waals surface area (Å²) < 4.78 is 5.69. The van der Waals surface area contributed by atoms with Gasteiger partial charge < -0.3 is 19.6 Å². The number of hydrogen-bond donors (Lipinski definition) is 1. The highest BCUT2D eigenvalue weighted by atomic mass is 16.5. The van der Waals surface area contributed by atoms with E-state index >= 15 is 0 Å². The third-order valence-corrected chi connectivity index (χ3v) is 4.73. The highest BCUT2D eigenvalue weighted by Crippen LogP contribution is 2.27. The number of hydrogen-bond acceptors (Lipinski definition) is 5. The molecule has 0 spiro atoms. The van der Waals surface area contributed by atoms with Crippen LogP contribution in [0.15, 0.2) is 24.3 Å². The Morgan fingerprint density at radius 1 is 1.12 bits per heavy atom. The number of benzene rings is 1. The second kappa shape index (κ2) is 7.40. The van der Waals surface area contributed by atoms with Crippen LogP contribution in [0.3, 0.4) is 0 Å². The van der Waals surface area contributed by atoms with Gasteiger partial charge in [-0.2, -0.15) is 0 Å². The maximum Gasteiger partial charge on any atom is 0.236 e. The van der Waals surface area contributed by atoms with Gasteiger partial charge in [0.2, 0.25) is 5.91 Å². The maximum atomic E-state index is 12.5. The molecule has 1 aromatic carbocycles. The molecule has 0 saturated carbocycles. The molecular formula is C18H27N3O3. The van der Waals surface area contributed by atoms with Crippen LogP contribution < -0.4 is 4.90 Å². The lowest BCUT2D eigenvalue weighted by atomic mass is 10.2. The molecule has 0 radical (unpaired) electrons. The second-order valence-corrected chi connectivity index (χ2v) is 6.81. The number of carbonyl (C=O) groups is 1. The fourth-order valence-electron chi connectivity index (χ4n) is 3.55. The van der Waals surface area contributed by atoms with Crippen molar-refractivity contribution in [1.29, 1.82) is 0 Å². The normalized spacial score (nSPS) is 25.8. The van der Waals surface area contributed by atoms with E-state index in [1.54, 1.807) is 6.07 Å². The highest BCUT2D eigenvalue weighted by molar-refractivity contribution is 5.78. The average Bonchev–Trinajstić information content (AvgIpc) is 2.55. The minimum atomic E-state index is 0.107. The van der Waals surface area contributed by atoms with Crippen LogP contribution in [0.25, 0.3) is 0 Å². The average molecular weight is 333 g/mol. The minimum absolute atomic E-state index is 0.107. The molecular weight excluding hydrogens is 306 g/mol. The highest BCUT2D eigenvalue weighted by Gasteiger charge is 2.28. The Kier molecular flexibility index (Phi) is 5.26. The number of morpholine rings is 1. The monoisotopic (exact) mass is 333 g/mol. The zero-order chi connectivity index (χ0) is 17.1. The van der Waals surface area contributed by atoms with E-state index < -0.39 is 0 Å². The van der Waals surface area contributed by atoms with Gasteiger partial charge in [0, 0.05) is 39.3 Å². The molecule has 0 aliphatic carbocycles. The summed E-state index contributed by atoms with van der Waals surface area (Å²) in [5.74, 6) is 0.506. The molecule has 2 atom stereocenters. The maximum absolute atomic E-state index is 12.5. The largest absolute Gasteiger partial charge is 0.506 e. The molecule has 2 saturated heterocycles. The van der Waals surface area contributed by atoms with E-state index in [1.165, 1.54) is 0 Å². The molecule has 24 heavy (non-hydrogen) atoms. The lowest BCUT2D eigenvalue weighted by Gasteiger charge is -2.39. The van der Waals surface area contributed by atoms with Crippen molar-refractivity contribution in [2.45, 2.75) is 26.1 Å². The summed E-state index contributed by atoms with van der Waals surface area (Å²) in [6.07, 6.45) is 0.214. The number of phenols is 1. The zero-order valence-electron chi connectivity index (χ0n) is 14.5. The Hall–Kier alpha value is -1.79. The van der Waals surface area contributed by atoms with Crippen LogP contribution in [-0.2, 0) is 9.53 Å². The van der Waals surface area contributed by atoms with Crippen molar-refractivity contribution in [3.63, 3.8) is 0 Å². The Morgan fingerprint density at radius 3 is 2.38 bits per heavy atom. The minimum Gasteiger partial charge on any atom is -0.506 e. The van der Waals surface area contributed by atoms with Crippen molar-refractivity contribution in [1.82, 2.24) is 9.80 Å². The van der Waals surface area contributed by atoms with Crippen LogP contribution in [-0.4, -0.2) is 78.8 Å². The van der Waals surface area contributed by atoms with E-state index in [0.717, 1.165) is 31.9 Å². The van der Waals surface area contributed by atoms with Crippen molar-refractivity contribution in [3.05, 3.63) is 24.3 Å². The molecule has 6 heteroatoms. The Labute approximate surface area is 143 Å². The SMILES string of the molecule is C[C@@H]1CN(C(=O)CN2CCN(c3ccccc3O)CC2)C[C@@H](C)O1. The Bertz CT molecular complexity index is 562. The van der Waals surface area contributed by atoms with Crippen LogP contribution in [0.2, 0.25) is 0 Å². The van der Waals surface area contributed by atoms with Gasteiger partial charge in [-0.05, 0) is 26.0 Å². The van der Waals surface area contributed by atoms with E-state index in [2.05, 4.69) is 9.80 Å². The summed E-state index contributed by atoms with van der Waals surface area (Å²) in [6, 6.07) is 7.42. The number of para-hydroxylation sites is 2. The number of rotatable bonds is 3. The van der Waals surface area contributed by atoms with E-state index in [9.17, 15) is 9.90 Å². The van der Waals surface area contributed by atoms with Gasteiger partial charge >= 0.3 is 0 Å². The van der Waals surface area contributed by atoms with E-state index in [1.807, 2.05) is 36.9 Å². The lowest BCUT2D eigenvalue weighted by molar-refractivity contribution is -0.144. The van der Waals surface area contributed by atoms with Crippen molar-refractivity contribution in [2.24, 2.45) is 0 Å². The van der Waals surface area contributed by atoms with Gasteiger partial charge in [0.05, 0.1) is 24.4 Å². The first kappa shape index (κ1) is 17.0. The number of phenolic OH excluding ortho intramolecular Hbond substituents is 1. The van der Waals surface area contributed by atoms with Gasteiger partial charge in [-0.15, -0.1) is 0 Å². The Morgan fingerprint density at radius 2 is 1.75 bits per heavy atom. The molecule has 0 bridgehead atoms. The van der Waals surface area contributed by atoms with E-state index in [4.69, 9.17) is 4.74 Å². The van der Waals surface area contributed by atoms with Crippen LogP contribution in [0.4, 0.5) is 5.69 Å². The fourth-order valence-corrected chi connectivity index (χ4v) is 3.55. The van der Waals surface area contributed by atoms with E-state index in [-0.39, 0.29) is 18.1 Å². The van der Waals surface area contributed by atoms with Crippen molar-refractivity contribution in [3.8, 4) is 5.75 Å². The molecule has 2 aliphatic rings. The molecule has 3 rings (SSSR count). The van der Waals surface area contributed by atoms with Crippen molar-refractivity contribution < 1.29 is 14.6 Å². The first-order valence-corrected chi connectivity index (χ1v) is 8.71. The van der Waals surface area contributed by atoms with Crippen LogP contribution >= 0.6 is 0 Å². The summed E-state index contributed by atoms with van der Waals surface area (Å²) in [5.41, 5.74) is 0.874. The molecule has 0 aromatic heterocycles. The number of ether oxygens (including phenoxy) is 1. The summed E-state index contributed by atoms with van der Waals surface area (Å²) >= 11 is 0. The number of amides is 1. The topological polar surface area (TPSA) is 56.3 Å². The van der Waals surface area contributed by atoms with Gasteiger partial charge in [0.15, 0.2) is 0 Å². The standard InChI is InChI=1S/C18H27N3O3/c1-14-11-21(12-15(2)24-14)18(23)13-19-7-9-20(10-8-19)16-5-3-4-6-17(16)22/h3-6,14-15,22H,7-13H2,1-2H3/t14-,15-/m1/s1. The molecule has 1 N–H and O–H groups in total. The second-order valence-electron chi connectivity index (χ2n) is 6.81. The van der Waals surface area contributed by atoms with Crippen LogP contribution in [0, 0.1) is 0 Å². The van der Waals surface area contributed by atoms with Crippen molar-refractivity contribution in [2.75, 3.05) is 50.7 Å². The third-order valence-electron chi connectivity index (χ3n) is 4.73. The number of carbonyl (C=O) groups excluding carboxylic acids is 1. The quantitative estimate of drug-likeness (QED) is 0.899. The van der Waals surface area contributed by atoms with Gasteiger partial charge in [-0.3, -0.25) is 9.69 Å².